The van der Waals surface area contributed by atoms with Crippen LogP contribution in [0.1, 0.15) is 62.5 Å². The molecule has 0 bridgehead atoms. The van der Waals surface area contributed by atoms with E-state index in [2.05, 4.69) is 37.9 Å². The summed E-state index contributed by atoms with van der Waals surface area (Å²) in [6, 6.07) is 9.67. The standard InChI is InChI=1S/C23H29N5O2/c1-15-7-6-12-27(14-15)22(29)17-8-10-18(11-9-17)28-20(23(3,4)5)13-19(26-28)21-25-24-16(2)30-21/h8-11,13,15H,6-7,12,14H2,1-5H3/t15-/m1/s1. The fraction of sp³-hybridized carbons (Fsp3) is 0.478. The Labute approximate surface area is 177 Å². The van der Waals surface area contributed by atoms with Gasteiger partial charge < -0.3 is 9.32 Å². The average Bonchev–Trinajstić information content (AvgIpc) is 3.34. The van der Waals surface area contributed by atoms with Crippen molar-refractivity contribution in [2.75, 3.05) is 13.1 Å². The van der Waals surface area contributed by atoms with Crippen molar-refractivity contribution in [1.29, 1.82) is 0 Å². The van der Waals surface area contributed by atoms with Gasteiger partial charge in [0, 0.05) is 31.0 Å². The Morgan fingerprint density at radius 3 is 2.50 bits per heavy atom. The first-order valence-corrected chi connectivity index (χ1v) is 10.5. The minimum absolute atomic E-state index is 0.103. The number of aromatic nitrogens is 4. The predicted octanol–water partition coefficient (Wildman–Crippen LogP) is 4.40. The lowest BCUT2D eigenvalue weighted by molar-refractivity contribution is 0.0683. The largest absolute Gasteiger partial charge is 0.420 e. The number of carbonyl (C=O) groups excluding carboxylic acids is 1. The van der Waals surface area contributed by atoms with Crippen LogP contribution in [0.3, 0.4) is 0 Å². The van der Waals surface area contributed by atoms with E-state index in [1.807, 2.05) is 39.9 Å². The number of aryl methyl sites for hydroxylation is 1. The van der Waals surface area contributed by atoms with Gasteiger partial charge >= 0.3 is 0 Å². The smallest absolute Gasteiger partial charge is 0.268 e. The van der Waals surface area contributed by atoms with E-state index in [-0.39, 0.29) is 11.3 Å². The monoisotopic (exact) mass is 407 g/mol. The maximum absolute atomic E-state index is 12.9. The molecule has 0 unspecified atom stereocenters. The zero-order valence-electron chi connectivity index (χ0n) is 18.3. The molecule has 2 aromatic heterocycles. The maximum Gasteiger partial charge on any atom is 0.268 e. The fourth-order valence-corrected chi connectivity index (χ4v) is 3.92. The zero-order chi connectivity index (χ0) is 21.5. The van der Waals surface area contributed by atoms with E-state index in [1.165, 1.54) is 6.42 Å². The van der Waals surface area contributed by atoms with Gasteiger partial charge in [0.05, 0.1) is 11.4 Å². The molecular formula is C23H29N5O2. The van der Waals surface area contributed by atoms with Gasteiger partial charge in [-0.3, -0.25) is 4.79 Å². The molecule has 158 valence electrons. The quantitative estimate of drug-likeness (QED) is 0.643. The van der Waals surface area contributed by atoms with E-state index in [0.29, 0.717) is 29.0 Å². The normalized spacial score (nSPS) is 17.4. The molecule has 30 heavy (non-hydrogen) atoms. The second-order valence-electron chi connectivity index (χ2n) is 9.25. The van der Waals surface area contributed by atoms with Gasteiger partial charge in [0.25, 0.3) is 11.8 Å². The van der Waals surface area contributed by atoms with Crippen molar-refractivity contribution < 1.29 is 9.21 Å². The first-order valence-electron chi connectivity index (χ1n) is 10.5. The summed E-state index contributed by atoms with van der Waals surface area (Å²) in [7, 11) is 0. The Hall–Kier alpha value is -2.96. The summed E-state index contributed by atoms with van der Waals surface area (Å²) in [5.41, 5.74) is 3.13. The molecule has 1 fully saturated rings. The fourth-order valence-electron chi connectivity index (χ4n) is 3.92. The lowest BCUT2D eigenvalue weighted by Crippen LogP contribution is -2.39. The topological polar surface area (TPSA) is 77.1 Å². The van der Waals surface area contributed by atoms with Crippen LogP contribution in [0.4, 0.5) is 0 Å². The van der Waals surface area contributed by atoms with Crippen molar-refractivity contribution in [3.63, 3.8) is 0 Å². The van der Waals surface area contributed by atoms with Crippen molar-refractivity contribution in [2.45, 2.75) is 52.9 Å². The molecule has 1 saturated heterocycles. The van der Waals surface area contributed by atoms with Gasteiger partial charge in [-0.2, -0.15) is 5.10 Å². The maximum atomic E-state index is 12.9. The molecule has 7 heteroatoms. The minimum atomic E-state index is -0.140. The molecule has 1 atom stereocenters. The van der Waals surface area contributed by atoms with Crippen LogP contribution < -0.4 is 0 Å². The Bertz CT molecular complexity index is 1040. The van der Waals surface area contributed by atoms with Crippen molar-refractivity contribution in [3.8, 4) is 17.3 Å². The number of likely N-dealkylation sites (tertiary alicyclic amines) is 1. The van der Waals surface area contributed by atoms with Crippen LogP contribution in [0.5, 0.6) is 0 Å². The molecule has 1 aromatic carbocycles. The number of amides is 1. The predicted molar refractivity (Wildman–Crippen MR) is 115 cm³/mol. The number of hydrogen-bond donors (Lipinski definition) is 0. The van der Waals surface area contributed by atoms with Gasteiger partial charge in [-0.15, -0.1) is 10.2 Å². The molecule has 7 nitrogen and oxygen atoms in total. The molecule has 0 N–H and O–H groups in total. The molecule has 0 spiro atoms. The first-order chi connectivity index (χ1) is 14.2. The highest BCUT2D eigenvalue weighted by atomic mass is 16.4. The Balaban J connectivity index is 1.65. The summed E-state index contributed by atoms with van der Waals surface area (Å²) < 4.78 is 7.46. The highest BCUT2D eigenvalue weighted by Gasteiger charge is 2.25. The second-order valence-corrected chi connectivity index (χ2v) is 9.25. The minimum Gasteiger partial charge on any atom is -0.420 e. The van der Waals surface area contributed by atoms with Crippen LogP contribution in [-0.4, -0.2) is 43.9 Å². The highest BCUT2D eigenvalue weighted by Crippen LogP contribution is 2.29. The molecule has 4 rings (SSSR count). The lowest BCUT2D eigenvalue weighted by Gasteiger charge is -2.31. The number of hydrogen-bond acceptors (Lipinski definition) is 5. The number of piperidine rings is 1. The van der Waals surface area contributed by atoms with Gasteiger partial charge in [-0.1, -0.05) is 27.7 Å². The lowest BCUT2D eigenvalue weighted by atomic mass is 9.91. The van der Waals surface area contributed by atoms with E-state index < -0.39 is 0 Å². The molecular weight excluding hydrogens is 378 g/mol. The summed E-state index contributed by atoms with van der Waals surface area (Å²) in [5.74, 6) is 1.58. The van der Waals surface area contributed by atoms with Crippen molar-refractivity contribution >= 4 is 5.91 Å². The molecule has 3 heterocycles. The summed E-state index contributed by atoms with van der Waals surface area (Å²) in [4.78, 5) is 14.9. The molecule has 0 saturated carbocycles. The van der Waals surface area contributed by atoms with Crippen molar-refractivity contribution in [2.24, 2.45) is 5.92 Å². The van der Waals surface area contributed by atoms with Gasteiger partial charge in [0.2, 0.25) is 5.89 Å². The van der Waals surface area contributed by atoms with E-state index in [9.17, 15) is 4.79 Å². The third-order valence-electron chi connectivity index (χ3n) is 5.53. The Morgan fingerprint density at radius 2 is 1.90 bits per heavy atom. The van der Waals surface area contributed by atoms with Crippen LogP contribution in [0.15, 0.2) is 34.7 Å². The van der Waals surface area contributed by atoms with Crippen LogP contribution in [0.2, 0.25) is 0 Å². The Morgan fingerprint density at radius 1 is 1.17 bits per heavy atom. The molecule has 3 aromatic rings. The van der Waals surface area contributed by atoms with Gasteiger partial charge in [-0.05, 0) is 49.1 Å². The molecule has 0 radical (unpaired) electrons. The van der Waals surface area contributed by atoms with E-state index in [0.717, 1.165) is 30.9 Å². The average molecular weight is 408 g/mol. The third kappa shape index (κ3) is 4.01. The number of carbonyl (C=O) groups is 1. The summed E-state index contributed by atoms with van der Waals surface area (Å²) in [6.07, 6.45) is 2.27. The number of rotatable bonds is 3. The van der Waals surface area contributed by atoms with Crippen LogP contribution in [-0.2, 0) is 5.41 Å². The number of nitrogens with zero attached hydrogens (tertiary/aromatic N) is 5. The first kappa shape index (κ1) is 20.3. The van der Waals surface area contributed by atoms with E-state index in [1.54, 1.807) is 6.92 Å². The SMILES string of the molecule is Cc1nnc(-c2cc(C(C)(C)C)n(-c3ccc(C(=O)N4CCC[C@@H](C)C4)cc3)n2)o1. The van der Waals surface area contributed by atoms with Gasteiger partial charge in [-0.25, -0.2) is 4.68 Å². The summed E-state index contributed by atoms with van der Waals surface area (Å²) in [6.45, 7) is 12.1. The van der Waals surface area contributed by atoms with Crippen LogP contribution in [0, 0.1) is 12.8 Å². The summed E-state index contributed by atoms with van der Waals surface area (Å²) >= 11 is 0. The summed E-state index contributed by atoms with van der Waals surface area (Å²) in [5, 5.41) is 12.7. The third-order valence-corrected chi connectivity index (χ3v) is 5.53. The van der Waals surface area contributed by atoms with E-state index in [4.69, 9.17) is 9.52 Å². The highest BCUT2D eigenvalue weighted by molar-refractivity contribution is 5.94. The molecule has 1 aliphatic rings. The Kier molecular flexibility index (Phi) is 5.22. The van der Waals surface area contributed by atoms with Gasteiger partial charge in [0.1, 0.15) is 5.69 Å². The van der Waals surface area contributed by atoms with Crippen LogP contribution in [0.25, 0.3) is 17.3 Å². The second kappa shape index (κ2) is 7.70. The van der Waals surface area contributed by atoms with Gasteiger partial charge in [0.15, 0.2) is 0 Å². The van der Waals surface area contributed by atoms with Crippen LogP contribution >= 0.6 is 0 Å². The molecule has 1 amide bonds. The van der Waals surface area contributed by atoms with Crippen molar-refractivity contribution in [1.82, 2.24) is 24.9 Å². The van der Waals surface area contributed by atoms with Crippen molar-refractivity contribution in [3.05, 3.63) is 47.5 Å². The molecule has 1 aliphatic heterocycles. The molecule has 0 aliphatic carbocycles. The van der Waals surface area contributed by atoms with E-state index >= 15 is 0 Å². The number of benzene rings is 1. The zero-order valence-corrected chi connectivity index (χ0v) is 18.3.